The molecular formula is C24H22N2O4S. The largest absolute Gasteiger partial charge is 0.493 e. The summed E-state index contributed by atoms with van der Waals surface area (Å²) in [7, 11) is 3.13. The fraction of sp³-hybridized carbons (Fsp3) is 0.0833. The molecule has 0 atom stereocenters. The van der Waals surface area contributed by atoms with E-state index in [2.05, 4.69) is 10.6 Å². The van der Waals surface area contributed by atoms with E-state index in [9.17, 15) is 4.79 Å². The molecule has 0 bridgehead atoms. The van der Waals surface area contributed by atoms with Gasteiger partial charge >= 0.3 is 0 Å². The van der Waals surface area contributed by atoms with Gasteiger partial charge in [-0.25, -0.2) is 0 Å². The molecule has 0 fully saturated rings. The third-order valence-electron chi connectivity index (χ3n) is 4.16. The zero-order valence-corrected chi connectivity index (χ0v) is 17.9. The summed E-state index contributed by atoms with van der Waals surface area (Å²) in [6, 6.07) is 22.1. The number of methoxy groups -OCH3 is 2. The van der Waals surface area contributed by atoms with Crippen molar-refractivity contribution in [3.8, 4) is 23.0 Å². The lowest BCUT2D eigenvalue weighted by Crippen LogP contribution is -2.32. The van der Waals surface area contributed by atoms with Gasteiger partial charge in [0.25, 0.3) is 0 Å². The van der Waals surface area contributed by atoms with Gasteiger partial charge in [0.05, 0.1) is 14.2 Å². The predicted octanol–water partition coefficient (Wildman–Crippen LogP) is 5.02. The maximum absolute atomic E-state index is 12.2. The van der Waals surface area contributed by atoms with Crippen molar-refractivity contribution in [1.29, 1.82) is 0 Å². The van der Waals surface area contributed by atoms with E-state index in [0.29, 0.717) is 17.2 Å². The van der Waals surface area contributed by atoms with E-state index >= 15 is 0 Å². The zero-order valence-electron chi connectivity index (χ0n) is 17.1. The molecule has 0 saturated heterocycles. The van der Waals surface area contributed by atoms with Gasteiger partial charge in [0.1, 0.15) is 11.5 Å². The molecule has 3 aromatic carbocycles. The van der Waals surface area contributed by atoms with Crippen LogP contribution in [0, 0.1) is 0 Å². The number of carbonyl (C=O) groups is 1. The minimum atomic E-state index is -0.351. The number of nitrogens with one attached hydrogen (secondary N) is 2. The first kappa shape index (κ1) is 21.9. The van der Waals surface area contributed by atoms with Crippen LogP contribution in [0.15, 0.2) is 78.9 Å². The fourth-order valence-electron chi connectivity index (χ4n) is 2.68. The minimum absolute atomic E-state index is 0.193. The molecule has 0 heterocycles. The third-order valence-corrected chi connectivity index (χ3v) is 4.37. The Bertz CT molecular complexity index is 1070. The predicted molar refractivity (Wildman–Crippen MR) is 126 cm³/mol. The Morgan fingerprint density at radius 1 is 0.871 bits per heavy atom. The normalized spacial score (nSPS) is 10.4. The highest BCUT2D eigenvalue weighted by atomic mass is 32.1. The summed E-state index contributed by atoms with van der Waals surface area (Å²) in [6.45, 7) is 0. The Morgan fingerprint density at radius 2 is 1.55 bits per heavy atom. The van der Waals surface area contributed by atoms with Gasteiger partial charge in [0, 0.05) is 11.8 Å². The first-order valence-electron chi connectivity index (χ1n) is 9.42. The number of para-hydroxylation sites is 1. The van der Waals surface area contributed by atoms with Gasteiger partial charge in [-0.15, -0.1) is 0 Å². The number of hydrogen-bond acceptors (Lipinski definition) is 5. The van der Waals surface area contributed by atoms with Gasteiger partial charge in [0.15, 0.2) is 16.6 Å². The van der Waals surface area contributed by atoms with E-state index in [0.717, 1.165) is 17.0 Å². The first-order chi connectivity index (χ1) is 15.1. The van der Waals surface area contributed by atoms with Gasteiger partial charge in [-0.05, 0) is 72.4 Å². The van der Waals surface area contributed by atoms with E-state index in [1.165, 1.54) is 6.08 Å². The molecule has 0 spiro atoms. The maximum Gasteiger partial charge on any atom is 0.250 e. The van der Waals surface area contributed by atoms with Crippen LogP contribution in [0.5, 0.6) is 23.0 Å². The Labute approximate surface area is 186 Å². The first-order valence-corrected chi connectivity index (χ1v) is 9.83. The molecule has 3 rings (SSSR count). The molecule has 3 aromatic rings. The number of hydrogen-bond donors (Lipinski definition) is 2. The van der Waals surface area contributed by atoms with E-state index < -0.39 is 0 Å². The van der Waals surface area contributed by atoms with Crippen LogP contribution in [0.4, 0.5) is 5.69 Å². The SMILES string of the molecule is COc1ccc(C=CC(=O)NC(=S)Nc2ccc(Oc3ccccc3)cc2)cc1OC. The topological polar surface area (TPSA) is 68.8 Å². The lowest BCUT2D eigenvalue weighted by molar-refractivity contribution is -0.115. The molecule has 6 nitrogen and oxygen atoms in total. The summed E-state index contributed by atoms with van der Waals surface area (Å²) in [6.07, 6.45) is 3.06. The van der Waals surface area contributed by atoms with Crippen molar-refractivity contribution in [2.75, 3.05) is 19.5 Å². The second kappa shape index (κ2) is 10.8. The standard InChI is InChI=1S/C24H22N2O4S/c1-28-21-14-8-17(16-22(21)29-2)9-15-23(27)26-24(31)25-18-10-12-20(13-11-18)30-19-6-4-3-5-7-19/h3-16H,1-2H3,(H2,25,26,27,31). The zero-order chi connectivity index (χ0) is 22.1. The average Bonchev–Trinajstić information content (AvgIpc) is 2.79. The summed E-state index contributed by atoms with van der Waals surface area (Å²) in [5.74, 6) is 2.31. The molecule has 31 heavy (non-hydrogen) atoms. The average molecular weight is 435 g/mol. The smallest absolute Gasteiger partial charge is 0.250 e. The fourth-order valence-corrected chi connectivity index (χ4v) is 2.89. The van der Waals surface area contributed by atoms with E-state index in [1.54, 1.807) is 32.4 Å². The molecule has 0 aliphatic heterocycles. The maximum atomic E-state index is 12.2. The number of rotatable bonds is 7. The summed E-state index contributed by atoms with van der Waals surface area (Å²) in [5, 5.41) is 5.77. The molecule has 2 N–H and O–H groups in total. The number of carbonyl (C=O) groups excluding carboxylic acids is 1. The minimum Gasteiger partial charge on any atom is -0.493 e. The van der Waals surface area contributed by atoms with Crippen LogP contribution in [0.2, 0.25) is 0 Å². The highest BCUT2D eigenvalue weighted by molar-refractivity contribution is 7.80. The van der Waals surface area contributed by atoms with Crippen molar-refractivity contribution < 1.29 is 19.0 Å². The van der Waals surface area contributed by atoms with E-state index in [-0.39, 0.29) is 11.0 Å². The van der Waals surface area contributed by atoms with Crippen LogP contribution < -0.4 is 24.8 Å². The quantitative estimate of drug-likeness (QED) is 0.402. The molecule has 7 heteroatoms. The van der Waals surface area contributed by atoms with E-state index in [4.69, 9.17) is 26.4 Å². The molecule has 0 saturated carbocycles. The summed E-state index contributed by atoms with van der Waals surface area (Å²) in [5.41, 5.74) is 1.52. The van der Waals surface area contributed by atoms with Crippen molar-refractivity contribution in [1.82, 2.24) is 5.32 Å². The Kier molecular flexibility index (Phi) is 7.61. The lowest BCUT2D eigenvalue weighted by atomic mass is 10.2. The number of amides is 1. The third kappa shape index (κ3) is 6.58. The van der Waals surface area contributed by atoms with Gasteiger partial charge in [-0.3, -0.25) is 10.1 Å². The second-order valence-electron chi connectivity index (χ2n) is 6.33. The Balaban J connectivity index is 1.52. The van der Waals surface area contributed by atoms with Crippen molar-refractivity contribution in [2.45, 2.75) is 0 Å². The summed E-state index contributed by atoms with van der Waals surface area (Å²) >= 11 is 5.21. The molecule has 1 amide bonds. The Morgan fingerprint density at radius 3 is 2.23 bits per heavy atom. The summed E-state index contributed by atoms with van der Waals surface area (Å²) < 4.78 is 16.2. The van der Waals surface area contributed by atoms with Crippen LogP contribution in [-0.4, -0.2) is 25.2 Å². The number of ether oxygens (including phenoxy) is 3. The molecule has 0 unspecified atom stereocenters. The van der Waals surface area contributed by atoms with Gasteiger partial charge in [-0.1, -0.05) is 24.3 Å². The number of anilines is 1. The molecule has 0 aliphatic rings. The van der Waals surface area contributed by atoms with Crippen LogP contribution in [-0.2, 0) is 4.79 Å². The number of benzene rings is 3. The van der Waals surface area contributed by atoms with E-state index in [1.807, 2.05) is 60.7 Å². The molecule has 0 aromatic heterocycles. The van der Waals surface area contributed by atoms with Gasteiger partial charge < -0.3 is 19.5 Å². The highest BCUT2D eigenvalue weighted by Gasteiger charge is 2.05. The van der Waals surface area contributed by atoms with Crippen LogP contribution in [0.1, 0.15) is 5.56 Å². The van der Waals surface area contributed by atoms with Gasteiger partial charge in [0.2, 0.25) is 5.91 Å². The van der Waals surface area contributed by atoms with Crippen LogP contribution in [0.3, 0.4) is 0 Å². The van der Waals surface area contributed by atoms with Crippen molar-refractivity contribution in [3.63, 3.8) is 0 Å². The molecule has 0 aliphatic carbocycles. The van der Waals surface area contributed by atoms with Crippen molar-refractivity contribution >= 4 is 35.0 Å². The second-order valence-corrected chi connectivity index (χ2v) is 6.74. The lowest BCUT2D eigenvalue weighted by Gasteiger charge is -2.10. The monoisotopic (exact) mass is 434 g/mol. The molecule has 0 radical (unpaired) electrons. The number of thiocarbonyl (C=S) groups is 1. The van der Waals surface area contributed by atoms with Crippen LogP contribution >= 0.6 is 12.2 Å². The van der Waals surface area contributed by atoms with Gasteiger partial charge in [-0.2, -0.15) is 0 Å². The molecular weight excluding hydrogens is 412 g/mol. The Hall–Kier alpha value is -3.84. The van der Waals surface area contributed by atoms with Crippen LogP contribution in [0.25, 0.3) is 6.08 Å². The van der Waals surface area contributed by atoms with Crippen molar-refractivity contribution in [2.24, 2.45) is 0 Å². The molecule has 158 valence electrons. The van der Waals surface area contributed by atoms with Crippen molar-refractivity contribution in [3.05, 3.63) is 84.4 Å². The summed E-state index contributed by atoms with van der Waals surface area (Å²) in [4.78, 5) is 12.2. The highest BCUT2D eigenvalue weighted by Crippen LogP contribution is 2.28.